The normalized spacial score (nSPS) is 12.5. The maximum Gasteiger partial charge on any atom is 0.179 e. The predicted octanol–water partition coefficient (Wildman–Crippen LogP) is 1.38. The second kappa shape index (κ2) is 9.98. The average Bonchev–Trinajstić information content (AvgIpc) is 2.55. The molecule has 6 N–H and O–H groups in total. The van der Waals surface area contributed by atoms with Crippen LogP contribution in [0.5, 0.6) is 0 Å². The summed E-state index contributed by atoms with van der Waals surface area (Å²) in [7, 11) is 2.21. The van der Waals surface area contributed by atoms with E-state index in [9.17, 15) is 9.60 Å². The molecule has 0 aromatic heterocycles. The van der Waals surface area contributed by atoms with E-state index in [1.165, 1.54) is 24.5 Å². The number of hydrogen-bond acceptors (Lipinski definition) is 5. The van der Waals surface area contributed by atoms with Gasteiger partial charge in [0, 0.05) is 0 Å². The van der Waals surface area contributed by atoms with Crippen LogP contribution in [0.3, 0.4) is 0 Å². The molecule has 0 fully saturated rings. The molecule has 0 bridgehead atoms. The number of hydrogen-bond donors (Lipinski definition) is 5. The van der Waals surface area contributed by atoms with Gasteiger partial charge in [0.15, 0.2) is 11.7 Å². The standard InChI is InChI=1S/C12H16BrFN7OP/c13-8-5-7(1-2-9(8)14)19-12(20-22)10(16)11(21-23)18-4-3-17-6-15/h1-2,5-6,16,22H,3-4,23H2,(H2,15,17)(H,18,21)(H,19,20). The van der Waals surface area contributed by atoms with Crippen molar-refractivity contribution in [2.75, 3.05) is 13.1 Å². The molecule has 0 radical (unpaired) electrons. The first-order valence-corrected chi connectivity index (χ1v) is 7.64. The fourth-order valence-electron chi connectivity index (χ4n) is 1.42. The number of hydroxylamine groups is 1. The van der Waals surface area contributed by atoms with Crippen molar-refractivity contribution in [2.24, 2.45) is 20.7 Å². The Balaban J connectivity index is 2.99. The van der Waals surface area contributed by atoms with Crippen LogP contribution in [0.2, 0.25) is 0 Å². The Morgan fingerprint density at radius 2 is 2.17 bits per heavy atom. The molecule has 0 saturated heterocycles. The van der Waals surface area contributed by atoms with Crippen LogP contribution >= 0.6 is 25.3 Å². The lowest BCUT2D eigenvalue weighted by atomic mass is 10.3. The van der Waals surface area contributed by atoms with Crippen molar-refractivity contribution in [3.63, 3.8) is 0 Å². The minimum Gasteiger partial charge on any atom is -0.390 e. The summed E-state index contributed by atoms with van der Waals surface area (Å²) in [4.78, 5) is 12.0. The molecule has 23 heavy (non-hydrogen) atoms. The Morgan fingerprint density at radius 1 is 1.43 bits per heavy atom. The van der Waals surface area contributed by atoms with Gasteiger partial charge < -0.3 is 10.8 Å². The highest BCUT2D eigenvalue weighted by molar-refractivity contribution is 9.10. The number of nitrogens with two attached hydrogens (primary N) is 1. The van der Waals surface area contributed by atoms with Crippen molar-refractivity contribution in [2.45, 2.75) is 0 Å². The number of aliphatic imine (C=N–C) groups is 3. The molecule has 8 nitrogen and oxygen atoms in total. The van der Waals surface area contributed by atoms with Crippen molar-refractivity contribution in [1.82, 2.24) is 10.6 Å². The SMILES string of the molecule is N=C(C(=Nc1ccc(F)c(Br)c1)NO)C(=NCCN=CN)NP. The van der Waals surface area contributed by atoms with Crippen LogP contribution < -0.4 is 16.3 Å². The van der Waals surface area contributed by atoms with E-state index < -0.39 is 5.82 Å². The zero-order valence-electron chi connectivity index (χ0n) is 11.9. The van der Waals surface area contributed by atoms with Crippen molar-refractivity contribution < 1.29 is 9.60 Å². The van der Waals surface area contributed by atoms with E-state index in [-0.39, 0.29) is 21.9 Å². The molecule has 1 atom stereocenters. The zero-order valence-corrected chi connectivity index (χ0v) is 14.7. The monoisotopic (exact) mass is 403 g/mol. The van der Waals surface area contributed by atoms with Crippen LogP contribution in [0.15, 0.2) is 37.6 Å². The number of rotatable bonds is 6. The van der Waals surface area contributed by atoms with Gasteiger partial charge in [-0.05, 0) is 43.5 Å². The lowest BCUT2D eigenvalue weighted by Crippen LogP contribution is -2.37. The van der Waals surface area contributed by atoms with E-state index in [1.54, 1.807) is 0 Å². The maximum atomic E-state index is 13.2. The highest BCUT2D eigenvalue weighted by atomic mass is 79.9. The fraction of sp³-hybridized carbons (Fsp3) is 0.167. The maximum absolute atomic E-state index is 13.2. The van der Waals surface area contributed by atoms with Gasteiger partial charge in [-0.1, -0.05) is 0 Å². The quantitative estimate of drug-likeness (QED) is 0.161. The summed E-state index contributed by atoms with van der Waals surface area (Å²) < 4.78 is 13.4. The van der Waals surface area contributed by atoms with Gasteiger partial charge in [-0.3, -0.25) is 26.1 Å². The van der Waals surface area contributed by atoms with Gasteiger partial charge in [-0.25, -0.2) is 9.38 Å². The molecule has 1 aromatic rings. The lowest BCUT2D eigenvalue weighted by molar-refractivity contribution is 0.237. The molecule has 0 aliphatic rings. The molecule has 124 valence electrons. The minimum absolute atomic E-state index is 0.153. The third kappa shape index (κ3) is 6.01. The zero-order chi connectivity index (χ0) is 17.2. The second-order valence-corrected chi connectivity index (χ2v) is 5.12. The van der Waals surface area contributed by atoms with E-state index >= 15 is 0 Å². The molecule has 1 unspecified atom stereocenters. The molecule has 11 heteroatoms. The number of nitrogens with zero attached hydrogens (tertiary/aromatic N) is 3. The van der Waals surface area contributed by atoms with Gasteiger partial charge in [0.25, 0.3) is 0 Å². The molecule has 0 aliphatic heterocycles. The highest BCUT2D eigenvalue weighted by Gasteiger charge is 2.13. The van der Waals surface area contributed by atoms with E-state index in [1.807, 2.05) is 5.48 Å². The highest BCUT2D eigenvalue weighted by Crippen LogP contribution is 2.22. The van der Waals surface area contributed by atoms with E-state index in [2.05, 4.69) is 45.4 Å². The molecule has 0 saturated carbocycles. The molecular formula is C12H16BrFN7OP. The van der Waals surface area contributed by atoms with Gasteiger partial charge in [0.05, 0.1) is 29.6 Å². The first-order valence-electron chi connectivity index (χ1n) is 6.27. The summed E-state index contributed by atoms with van der Waals surface area (Å²) in [5.41, 5.74) is 7.12. The van der Waals surface area contributed by atoms with Crippen LogP contribution in [-0.2, 0) is 0 Å². The first kappa shape index (κ1) is 19.1. The van der Waals surface area contributed by atoms with E-state index in [0.717, 1.165) is 0 Å². The smallest absolute Gasteiger partial charge is 0.179 e. The van der Waals surface area contributed by atoms with Crippen molar-refractivity contribution in [3.8, 4) is 0 Å². The Hall–Kier alpha value is -1.90. The summed E-state index contributed by atoms with van der Waals surface area (Å²) in [5, 5.41) is 19.9. The Kier molecular flexibility index (Phi) is 8.31. The van der Waals surface area contributed by atoms with Gasteiger partial charge in [0.2, 0.25) is 0 Å². The molecule has 1 rings (SSSR count). The second-order valence-electron chi connectivity index (χ2n) is 3.98. The van der Waals surface area contributed by atoms with Gasteiger partial charge in [-0.15, -0.1) is 0 Å². The Morgan fingerprint density at radius 3 is 2.74 bits per heavy atom. The lowest BCUT2D eigenvalue weighted by Gasteiger charge is -2.09. The Labute approximate surface area is 143 Å². The van der Waals surface area contributed by atoms with Crippen molar-refractivity contribution >= 4 is 54.7 Å². The van der Waals surface area contributed by atoms with Crippen LogP contribution in [0.1, 0.15) is 0 Å². The third-order valence-corrected chi connectivity index (χ3v) is 3.35. The number of nitrogens with one attached hydrogen (secondary N) is 3. The van der Waals surface area contributed by atoms with Gasteiger partial charge in [-0.2, -0.15) is 0 Å². The molecular weight excluding hydrogens is 388 g/mol. The fourth-order valence-corrected chi connectivity index (χ4v) is 2.03. The van der Waals surface area contributed by atoms with Crippen molar-refractivity contribution in [1.29, 1.82) is 5.41 Å². The summed E-state index contributed by atoms with van der Waals surface area (Å²) in [6.07, 6.45) is 1.17. The van der Waals surface area contributed by atoms with Gasteiger partial charge in [0.1, 0.15) is 11.5 Å². The van der Waals surface area contributed by atoms with Crippen LogP contribution in [0, 0.1) is 11.2 Å². The summed E-state index contributed by atoms with van der Waals surface area (Å²) >= 11 is 3.04. The number of benzene rings is 1. The topological polar surface area (TPSA) is 131 Å². The predicted molar refractivity (Wildman–Crippen MR) is 96.5 cm³/mol. The largest absolute Gasteiger partial charge is 0.390 e. The molecule has 0 amide bonds. The first-order chi connectivity index (χ1) is 11.0. The van der Waals surface area contributed by atoms with Crippen LogP contribution in [0.4, 0.5) is 10.1 Å². The number of amidine groups is 2. The van der Waals surface area contributed by atoms with E-state index in [0.29, 0.717) is 18.8 Å². The summed E-state index contributed by atoms with van der Waals surface area (Å²) in [6.45, 7) is 0.664. The molecule has 0 spiro atoms. The summed E-state index contributed by atoms with van der Waals surface area (Å²) in [6, 6.07) is 4.04. The number of halogens is 2. The van der Waals surface area contributed by atoms with Crippen molar-refractivity contribution in [3.05, 3.63) is 28.5 Å². The third-order valence-electron chi connectivity index (χ3n) is 2.46. The Bertz CT molecular complexity index is 650. The van der Waals surface area contributed by atoms with Crippen LogP contribution in [0.25, 0.3) is 0 Å². The molecule has 0 aliphatic carbocycles. The van der Waals surface area contributed by atoms with Gasteiger partial charge >= 0.3 is 0 Å². The summed E-state index contributed by atoms with van der Waals surface area (Å²) in [5.74, 6) is -0.421. The average molecular weight is 404 g/mol. The van der Waals surface area contributed by atoms with E-state index in [4.69, 9.17) is 11.1 Å². The minimum atomic E-state index is -0.438. The van der Waals surface area contributed by atoms with Crippen LogP contribution in [-0.4, -0.2) is 42.0 Å². The molecule has 0 heterocycles. The molecule has 1 aromatic carbocycles.